The number of carbonyl (C=O) groups is 2. The van der Waals surface area contributed by atoms with Gasteiger partial charge in [0.05, 0.1) is 6.33 Å². The van der Waals surface area contributed by atoms with Crippen LogP contribution in [0.5, 0.6) is 0 Å². The maximum absolute atomic E-state index is 13.2. The van der Waals surface area contributed by atoms with E-state index in [1.807, 2.05) is 10.8 Å². The molecule has 8 heteroatoms. The van der Waals surface area contributed by atoms with Gasteiger partial charge in [-0.1, -0.05) is 12.1 Å². The van der Waals surface area contributed by atoms with Crippen LogP contribution in [-0.4, -0.2) is 28.0 Å². The number of rotatable bonds is 7. The second-order valence-electron chi connectivity index (χ2n) is 6.08. The molecule has 2 aromatic carbocycles. The SMILES string of the molecule is O=C(NCCCn1ccnc1)Nc1cccc(C(=O)Nc2cccc(F)c2)c1. The highest BCUT2D eigenvalue weighted by Crippen LogP contribution is 2.14. The van der Waals surface area contributed by atoms with Crippen LogP contribution in [0.3, 0.4) is 0 Å². The zero-order valence-corrected chi connectivity index (χ0v) is 15.1. The number of urea groups is 1. The molecule has 144 valence electrons. The lowest BCUT2D eigenvalue weighted by molar-refractivity contribution is 0.102. The van der Waals surface area contributed by atoms with Gasteiger partial charge in [0.1, 0.15) is 5.82 Å². The van der Waals surface area contributed by atoms with Crippen molar-refractivity contribution in [3.05, 3.63) is 78.6 Å². The topological polar surface area (TPSA) is 88.1 Å². The molecule has 1 heterocycles. The molecule has 28 heavy (non-hydrogen) atoms. The van der Waals surface area contributed by atoms with Gasteiger partial charge in [-0.05, 0) is 42.8 Å². The Hall–Kier alpha value is -3.68. The summed E-state index contributed by atoms with van der Waals surface area (Å²) in [6.45, 7) is 1.26. The van der Waals surface area contributed by atoms with Gasteiger partial charge >= 0.3 is 6.03 Å². The highest BCUT2D eigenvalue weighted by Gasteiger charge is 2.09. The molecular weight excluding hydrogens is 361 g/mol. The van der Waals surface area contributed by atoms with Crippen molar-refractivity contribution < 1.29 is 14.0 Å². The average Bonchev–Trinajstić information content (AvgIpc) is 3.19. The van der Waals surface area contributed by atoms with Gasteiger partial charge in [-0.15, -0.1) is 0 Å². The third kappa shape index (κ3) is 5.66. The highest BCUT2D eigenvalue weighted by molar-refractivity contribution is 6.05. The minimum absolute atomic E-state index is 0.349. The molecule has 0 radical (unpaired) electrons. The minimum atomic E-state index is -0.432. The molecule has 0 bridgehead atoms. The molecule has 0 aliphatic rings. The van der Waals surface area contributed by atoms with Crippen molar-refractivity contribution in [2.45, 2.75) is 13.0 Å². The van der Waals surface area contributed by atoms with E-state index in [2.05, 4.69) is 20.9 Å². The van der Waals surface area contributed by atoms with Gasteiger partial charge in [0.2, 0.25) is 0 Å². The first-order chi connectivity index (χ1) is 13.6. The van der Waals surface area contributed by atoms with E-state index in [9.17, 15) is 14.0 Å². The Labute approximate surface area is 161 Å². The molecule has 0 aliphatic carbocycles. The molecule has 0 saturated heterocycles. The van der Waals surface area contributed by atoms with E-state index in [0.717, 1.165) is 13.0 Å². The van der Waals surface area contributed by atoms with Gasteiger partial charge in [0.25, 0.3) is 5.91 Å². The maximum Gasteiger partial charge on any atom is 0.319 e. The second-order valence-corrected chi connectivity index (χ2v) is 6.08. The van der Waals surface area contributed by atoms with Gasteiger partial charge in [0.15, 0.2) is 0 Å². The van der Waals surface area contributed by atoms with E-state index in [4.69, 9.17) is 0 Å². The summed E-state index contributed by atoms with van der Waals surface area (Å²) in [5.41, 5.74) is 1.19. The molecule has 3 rings (SSSR count). The number of carbonyl (C=O) groups excluding carboxylic acids is 2. The molecule has 0 atom stereocenters. The quantitative estimate of drug-likeness (QED) is 0.548. The first-order valence-corrected chi connectivity index (χ1v) is 8.78. The van der Waals surface area contributed by atoms with E-state index in [1.54, 1.807) is 42.9 Å². The van der Waals surface area contributed by atoms with Gasteiger partial charge in [-0.3, -0.25) is 4.79 Å². The lowest BCUT2D eigenvalue weighted by Crippen LogP contribution is -2.30. The number of amides is 3. The van der Waals surface area contributed by atoms with Gasteiger partial charge in [0, 0.05) is 42.4 Å². The molecule has 0 unspecified atom stereocenters. The maximum atomic E-state index is 13.2. The summed E-state index contributed by atoms with van der Waals surface area (Å²) in [5, 5.41) is 8.08. The number of halogens is 1. The number of benzene rings is 2. The Morgan fingerprint density at radius 3 is 2.57 bits per heavy atom. The molecule has 3 amide bonds. The van der Waals surface area contributed by atoms with Crippen molar-refractivity contribution in [2.75, 3.05) is 17.2 Å². The predicted octanol–water partition coefficient (Wildman–Crippen LogP) is 3.49. The third-order valence-electron chi connectivity index (χ3n) is 3.90. The number of nitrogens with zero attached hydrogens (tertiary/aromatic N) is 2. The molecule has 0 spiro atoms. The van der Waals surface area contributed by atoms with E-state index in [-0.39, 0.29) is 6.03 Å². The monoisotopic (exact) mass is 381 g/mol. The molecule has 7 nitrogen and oxygen atoms in total. The van der Waals surface area contributed by atoms with Crippen LogP contribution in [0.15, 0.2) is 67.3 Å². The first-order valence-electron chi connectivity index (χ1n) is 8.78. The highest BCUT2D eigenvalue weighted by atomic mass is 19.1. The Morgan fingerprint density at radius 2 is 1.82 bits per heavy atom. The standard InChI is InChI=1S/C20H20FN5O2/c21-16-5-2-7-18(13-16)24-19(27)15-4-1-6-17(12-15)25-20(28)23-8-3-10-26-11-9-22-14-26/h1-2,4-7,9,11-14H,3,8,10H2,(H,24,27)(H2,23,25,28). The fourth-order valence-electron chi connectivity index (χ4n) is 2.57. The number of imidazole rings is 1. The number of hydrogen-bond donors (Lipinski definition) is 3. The van der Waals surface area contributed by atoms with Crippen molar-refractivity contribution in [1.82, 2.24) is 14.9 Å². The van der Waals surface area contributed by atoms with Crippen molar-refractivity contribution in [3.63, 3.8) is 0 Å². The number of aryl methyl sites for hydroxylation is 1. The van der Waals surface area contributed by atoms with Gasteiger partial charge < -0.3 is 20.5 Å². The summed E-state index contributed by atoms with van der Waals surface area (Å²) in [4.78, 5) is 28.3. The zero-order chi connectivity index (χ0) is 19.8. The Balaban J connectivity index is 1.49. The van der Waals surface area contributed by atoms with Crippen molar-refractivity contribution >= 4 is 23.3 Å². The fourth-order valence-corrected chi connectivity index (χ4v) is 2.57. The predicted molar refractivity (Wildman–Crippen MR) is 105 cm³/mol. The molecule has 0 saturated carbocycles. The first kappa shape index (κ1) is 19.1. The summed E-state index contributed by atoms with van der Waals surface area (Å²) in [6, 6.07) is 11.8. The molecule has 3 N–H and O–H groups in total. The molecular formula is C20H20FN5O2. The van der Waals surface area contributed by atoms with Crippen LogP contribution in [0.25, 0.3) is 0 Å². The molecule has 3 aromatic rings. The Morgan fingerprint density at radius 1 is 1.04 bits per heavy atom. The summed E-state index contributed by atoms with van der Waals surface area (Å²) in [7, 11) is 0. The van der Waals surface area contributed by atoms with Crippen LogP contribution in [0.4, 0.5) is 20.6 Å². The van der Waals surface area contributed by atoms with Gasteiger partial charge in [-0.2, -0.15) is 0 Å². The number of nitrogens with one attached hydrogen (secondary N) is 3. The smallest absolute Gasteiger partial charge is 0.319 e. The van der Waals surface area contributed by atoms with E-state index in [1.165, 1.54) is 18.2 Å². The van der Waals surface area contributed by atoms with Crippen LogP contribution in [0.2, 0.25) is 0 Å². The lowest BCUT2D eigenvalue weighted by atomic mass is 10.2. The van der Waals surface area contributed by atoms with E-state index < -0.39 is 11.7 Å². The summed E-state index contributed by atoms with van der Waals surface area (Å²) < 4.78 is 15.2. The molecule has 0 fully saturated rings. The zero-order valence-electron chi connectivity index (χ0n) is 15.1. The van der Waals surface area contributed by atoms with Crippen LogP contribution in [0.1, 0.15) is 16.8 Å². The molecule has 0 aliphatic heterocycles. The van der Waals surface area contributed by atoms with Crippen molar-refractivity contribution in [2.24, 2.45) is 0 Å². The van der Waals surface area contributed by atoms with E-state index in [0.29, 0.717) is 23.5 Å². The van der Waals surface area contributed by atoms with Crippen molar-refractivity contribution in [3.8, 4) is 0 Å². The second kappa shape index (κ2) is 9.31. The summed E-state index contributed by atoms with van der Waals surface area (Å²) in [6.07, 6.45) is 6.05. The van der Waals surface area contributed by atoms with Gasteiger partial charge in [-0.25, -0.2) is 14.2 Å². The normalized spacial score (nSPS) is 10.3. The number of hydrogen-bond acceptors (Lipinski definition) is 3. The summed E-state index contributed by atoms with van der Waals surface area (Å²) >= 11 is 0. The number of aromatic nitrogens is 2. The molecule has 1 aromatic heterocycles. The third-order valence-corrected chi connectivity index (χ3v) is 3.90. The van der Waals surface area contributed by atoms with Crippen molar-refractivity contribution in [1.29, 1.82) is 0 Å². The fraction of sp³-hybridized carbons (Fsp3) is 0.150. The van der Waals surface area contributed by atoms with Crippen LogP contribution in [0, 0.1) is 5.82 Å². The van der Waals surface area contributed by atoms with Crippen LogP contribution >= 0.6 is 0 Å². The largest absolute Gasteiger partial charge is 0.338 e. The van der Waals surface area contributed by atoms with Crippen LogP contribution < -0.4 is 16.0 Å². The lowest BCUT2D eigenvalue weighted by Gasteiger charge is -2.10. The summed E-state index contributed by atoms with van der Waals surface area (Å²) in [5.74, 6) is -0.826. The Bertz CT molecular complexity index is 943. The Kier molecular flexibility index (Phi) is 6.35. The minimum Gasteiger partial charge on any atom is -0.338 e. The van der Waals surface area contributed by atoms with Crippen LogP contribution in [-0.2, 0) is 6.54 Å². The average molecular weight is 381 g/mol. The van der Waals surface area contributed by atoms with E-state index >= 15 is 0 Å². The number of anilines is 2.